The number of rotatable bonds is 5. The molecule has 0 bridgehead atoms. The standard InChI is InChI=1S/C11H13FN4O2S/c1-16-8-13-15-11(16)6-7-14-19(17,18)10-5-3-2-4-9(10)12/h2-5,8,14H,6-7H2,1H3. The van der Waals surface area contributed by atoms with Gasteiger partial charge in [-0.1, -0.05) is 12.1 Å². The molecule has 1 heterocycles. The van der Waals surface area contributed by atoms with Crippen molar-refractivity contribution in [2.24, 2.45) is 7.05 Å². The lowest BCUT2D eigenvalue weighted by Gasteiger charge is -2.07. The van der Waals surface area contributed by atoms with Gasteiger partial charge in [0.05, 0.1) is 0 Å². The van der Waals surface area contributed by atoms with Crippen molar-refractivity contribution >= 4 is 10.0 Å². The Morgan fingerprint density at radius 3 is 2.74 bits per heavy atom. The van der Waals surface area contributed by atoms with Gasteiger partial charge >= 0.3 is 0 Å². The zero-order valence-corrected chi connectivity index (χ0v) is 11.1. The van der Waals surface area contributed by atoms with Crippen LogP contribution in [0, 0.1) is 5.82 Å². The number of benzene rings is 1. The third-order valence-corrected chi connectivity index (χ3v) is 4.07. The van der Waals surface area contributed by atoms with Gasteiger partial charge in [0.1, 0.15) is 22.9 Å². The van der Waals surface area contributed by atoms with E-state index in [-0.39, 0.29) is 11.4 Å². The van der Waals surface area contributed by atoms with E-state index in [1.807, 2.05) is 0 Å². The van der Waals surface area contributed by atoms with Crippen LogP contribution in [0.1, 0.15) is 5.82 Å². The van der Waals surface area contributed by atoms with E-state index in [0.29, 0.717) is 12.2 Å². The van der Waals surface area contributed by atoms with Crippen LogP contribution in [0.3, 0.4) is 0 Å². The lowest BCUT2D eigenvalue weighted by molar-refractivity contribution is 0.556. The molecule has 0 radical (unpaired) electrons. The van der Waals surface area contributed by atoms with E-state index in [2.05, 4.69) is 14.9 Å². The first-order valence-corrected chi connectivity index (χ1v) is 7.06. The molecular formula is C11H13FN4O2S. The van der Waals surface area contributed by atoms with Gasteiger partial charge < -0.3 is 4.57 Å². The van der Waals surface area contributed by atoms with Gasteiger partial charge in [0, 0.05) is 20.0 Å². The predicted molar refractivity (Wildman–Crippen MR) is 66.3 cm³/mol. The highest BCUT2D eigenvalue weighted by atomic mass is 32.2. The Bertz CT molecular complexity index is 669. The molecular weight excluding hydrogens is 271 g/mol. The van der Waals surface area contributed by atoms with Crippen LogP contribution in [0.5, 0.6) is 0 Å². The third-order valence-electron chi connectivity index (χ3n) is 2.57. The first kappa shape index (κ1) is 13.6. The van der Waals surface area contributed by atoms with Crippen LogP contribution in [0.2, 0.25) is 0 Å². The monoisotopic (exact) mass is 284 g/mol. The molecule has 19 heavy (non-hydrogen) atoms. The Hall–Kier alpha value is -1.80. The molecule has 0 saturated heterocycles. The van der Waals surface area contributed by atoms with E-state index in [1.54, 1.807) is 11.6 Å². The molecule has 102 valence electrons. The molecule has 2 aromatic rings. The summed E-state index contributed by atoms with van der Waals surface area (Å²) in [6, 6.07) is 5.24. The first-order valence-electron chi connectivity index (χ1n) is 5.58. The molecule has 2 rings (SSSR count). The van der Waals surface area contributed by atoms with Gasteiger partial charge in [-0.2, -0.15) is 0 Å². The Labute approximate surface area is 110 Å². The summed E-state index contributed by atoms with van der Waals surface area (Å²) in [6.07, 6.45) is 1.91. The van der Waals surface area contributed by atoms with Crippen molar-refractivity contribution in [1.82, 2.24) is 19.5 Å². The Kier molecular flexibility index (Phi) is 3.91. The summed E-state index contributed by atoms with van der Waals surface area (Å²) in [4.78, 5) is -0.354. The molecule has 0 aliphatic rings. The fourth-order valence-electron chi connectivity index (χ4n) is 1.57. The molecule has 0 aliphatic carbocycles. The molecule has 6 nitrogen and oxygen atoms in total. The van der Waals surface area contributed by atoms with E-state index in [4.69, 9.17) is 0 Å². The minimum atomic E-state index is -3.84. The summed E-state index contributed by atoms with van der Waals surface area (Å²) in [5.74, 6) is -0.120. The minimum Gasteiger partial charge on any atom is -0.321 e. The van der Waals surface area contributed by atoms with E-state index in [1.165, 1.54) is 24.5 Å². The van der Waals surface area contributed by atoms with Crippen molar-refractivity contribution < 1.29 is 12.8 Å². The summed E-state index contributed by atoms with van der Waals surface area (Å²) in [5.41, 5.74) is 0. The summed E-state index contributed by atoms with van der Waals surface area (Å²) in [5, 5.41) is 7.51. The van der Waals surface area contributed by atoms with Crippen LogP contribution < -0.4 is 4.72 Å². The molecule has 0 fully saturated rings. The van der Waals surface area contributed by atoms with Gasteiger partial charge in [-0.3, -0.25) is 0 Å². The van der Waals surface area contributed by atoms with E-state index in [9.17, 15) is 12.8 Å². The molecule has 0 atom stereocenters. The number of aromatic nitrogens is 3. The number of halogens is 1. The number of aryl methyl sites for hydroxylation is 1. The number of hydrogen-bond donors (Lipinski definition) is 1. The van der Waals surface area contributed by atoms with Gasteiger partial charge in [-0.05, 0) is 12.1 Å². The smallest absolute Gasteiger partial charge is 0.243 e. The number of nitrogens with one attached hydrogen (secondary N) is 1. The molecule has 0 saturated carbocycles. The summed E-state index contributed by atoms with van der Waals surface area (Å²) < 4.78 is 41.2. The van der Waals surface area contributed by atoms with Gasteiger partial charge in [0.2, 0.25) is 10.0 Å². The molecule has 0 amide bonds. The molecule has 0 unspecified atom stereocenters. The number of sulfonamides is 1. The maximum atomic E-state index is 13.4. The summed E-state index contributed by atoms with van der Waals surface area (Å²) >= 11 is 0. The van der Waals surface area contributed by atoms with Crippen molar-refractivity contribution in [1.29, 1.82) is 0 Å². The second-order valence-corrected chi connectivity index (χ2v) is 5.67. The van der Waals surface area contributed by atoms with Crippen molar-refractivity contribution in [3.05, 3.63) is 42.2 Å². The lowest BCUT2D eigenvalue weighted by atomic mass is 10.4. The van der Waals surface area contributed by atoms with E-state index >= 15 is 0 Å². The fourth-order valence-corrected chi connectivity index (χ4v) is 2.68. The van der Waals surface area contributed by atoms with Crippen molar-refractivity contribution in [3.63, 3.8) is 0 Å². The van der Waals surface area contributed by atoms with Crippen LogP contribution >= 0.6 is 0 Å². The third kappa shape index (κ3) is 3.15. The quantitative estimate of drug-likeness (QED) is 0.866. The first-order chi connectivity index (χ1) is 9.00. The van der Waals surface area contributed by atoms with Crippen LogP contribution in [-0.2, 0) is 23.5 Å². The van der Waals surface area contributed by atoms with Crippen molar-refractivity contribution in [2.45, 2.75) is 11.3 Å². The van der Waals surface area contributed by atoms with E-state index < -0.39 is 15.8 Å². The minimum absolute atomic E-state index is 0.128. The lowest BCUT2D eigenvalue weighted by Crippen LogP contribution is -2.27. The zero-order chi connectivity index (χ0) is 13.9. The molecule has 0 spiro atoms. The van der Waals surface area contributed by atoms with Crippen LogP contribution in [0.15, 0.2) is 35.5 Å². The summed E-state index contributed by atoms with van der Waals surface area (Å²) in [7, 11) is -2.07. The maximum absolute atomic E-state index is 13.4. The molecule has 8 heteroatoms. The zero-order valence-electron chi connectivity index (χ0n) is 10.2. The average molecular weight is 284 g/mol. The predicted octanol–water partition coefficient (Wildman–Crippen LogP) is 0.475. The summed E-state index contributed by atoms with van der Waals surface area (Å²) in [6.45, 7) is 0.128. The average Bonchev–Trinajstić information content (AvgIpc) is 2.75. The SMILES string of the molecule is Cn1cnnc1CCNS(=O)(=O)c1ccccc1F. The highest BCUT2D eigenvalue weighted by Crippen LogP contribution is 2.12. The normalized spacial score (nSPS) is 11.7. The van der Waals surface area contributed by atoms with Gasteiger partial charge in [0.15, 0.2) is 0 Å². The topological polar surface area (TPSA) is 76.9 Å². The molecule has 1 aromatic carbocycles. The Morgan fingerprint density at radius 1 is 1.37 bits per heavy atom. The fraction of sp³-hybridized carbons (Fsp3) is 0.273. The Morgan fingerprint density at radius 2 is 2.11 bits per heavy atom. The second-order valence-electron chi connectivity index (χ2n) is 3.94. The van der Waals surface area contributed by atoms with Gasteiger partial charge in [-0.15, -0.1) is 10.2 Å². The Balaban J connectivity index is 2.03. The van der Waals surface area contributed by atoms with Gasteiger partial charge in [-0.25, -0.2) is 17.5 Å². The van der Waals surface area contributed by atoms with Crippen molar-refractivity contribution in [2.75, 3.05) is 6.54 Å². The van der Waals surface area contributed by atoms with Crippen LogP contribution in [0.25, 0.3) is 0 Å². The van der Waals surface area contributed by atoms with E-state index in [0.717, 1.165) is 6.07 Å². The maximum Gasteiger partial charge on any atom is 0.243 e. The molecule has 1 N–H and O–H groups in total. The molecule has 0 aliphatic heterocycles. The highest BCUT2D eigenvalue weighted by molar-refractivity contribution is 7.89. The van der Waals surface area contributed by atoms with Crippen LogP contribution in [-0.4, -0.2) is 29.7 Å². The molecule has 1 aromatic heterocycles. The van der Waals surface area contributed by atoms with Gasteiger partial charge in [0.25, 0.3) is 0 Å². The van der Waals surface area contributed by atoms with Crippen molar-refractivity contribution in [3.8, 4) is 0 Å². The largest absolute Gasteiger partial charge is 0.321 e. The number of hydrogen-bond acceptors (Lipinski definition) is 4. The number of nitrogens with zero attached hydrogens (tertiary/aromatic N) is 3. The highest BCUT2D eigenvalue weighted by Gasteiger charge is 2.17. The van der Waals surface area contributed by atoms with Crippen LogP contribution in [0.4, 0.5) is 4.39 Å². The second kappa shape index (κ2) is 5.45.